The molecule has 0 unspecified atom stereocenters. The van der Waals surface area contributed by atoms with Crippen LogP contribution in [-0.2, 0) is 4.79 Å². The third kappa shape index (κ3) is 5.85. The fourth-order valence-corrected chi connectivity index (χ4v) is 3.55. The second-order valence-corrected chi connectivity index (χ2v) is 7.07. The van der Waals surface area contributed by atoms with Gasteiger partial charge in [0.2, 0.25) is 5.91 Å². The van der Waals surface area contributed by atoms with Crippen molar-refractivity contribution < 1.29 is 19.4 Å². The lowest BCUT2D eigenvalue weighted by Crippen LogP contribution is -2.46. The fraction of sp³-hybridized carbons (Fsp3) is 0.600. The van der Waals surface area contributed by atoms with Gasteiger partial charge in [0.1, 0.15) is 5.75 Å². The molecule has 1 saturated heterocycles. The summed E-state index contributed by atoms with van der Waals surface area (Å²) in [6.45, 7) is 3.71. The largest absolute Gasteiger partial charge is 0.497 e. The minimum absolute atomic E-state index is 0.0255. The summed E-state index contributed by atoms with van der Waals surface area (Å²) >= 11 is 0. The minimum Gasteiger partial charge on any atom is -0.497 e. The number of hydrogen-bond donors (Lipinski definition) is 2. The maximum absolute atomic E-state index is 12.6. The van der Waals surface area contributed by atoms with Crippen molar-refractivity contribution in [1.82, 2.24) is 9.80 Å². The smallest absolute Gasteiger partial charge is 0.321 e. The topological polar surface area (TPSA) is 82.1 Å². The van der Waals surface area contributed by atoms with Gasteiger partial charge >= 0.3 is 6.03 Å². The highest BCUT2D eigenvalue weighted by Crippen LogP contribution is 2.30. The summed E-state index contributed by atoms with van der Waals surface area (Å²) in [6, 6.07) is 7.17. The maximum Gasteiger partial charge on any atom is 0.321 e. The summed E-state index contributed by atoms with van der Waals surface area (Å²) in [7, 11) is 3.31. The highest BCUT2D eigenvalue weighted by molar-refractivity contribution is 5.89. The Morgan fingerprint density at radius 2 is 2.15 bits per heavy atom. The predicted octanol–water partition coefficient (Wildman–Crippen LogP) is 2.42. The molecule has 3 amide bonds. The van der Waals surface area contributed by atoms with Crippen LogP contribution in [0, 0.1) is 11.8 Å². The van der Waals surface area contributed by atoms with Crippen molar-refractivity contribution in [2.75, 3.05) is 45.7 Å². The molecule has 0 radical (unpaired) electrons. The Hall–Kier alpha value is -2.28. The molecule has 1 heterocycles. The number of carbonyl (C=O) groups excluding carboxylic acids is 2. The highest BCUT2D eigenvalue weighted by Gasteiger charge is 2.32. The lowest BCUT2D eigenvalue weighted by Gasteiger charge is -2.38. The van der Waals surface area contributed by atoms with Crippen molar-refractivity contribution >= 4 is 17.6 Å². The molecule has 1 aliphatic rings. The Morgan fingerprint density at radius 1 is 1.37 bits per heavy atom. The molecule has 0 bridgehead atoms. The number of ether oxygens (including phenoxy) is 1. The van der Waals surface area contributed by atoms with E-state index in [4.69, 9.17) is 9.84 Å². The number of nitrogens with one attached hydrogen (secondary N) is 1. The molecular formula is C20H31N3O4. The minimum atomic E-state index is -0.121. The van der Waals surface area contributed by atoms with Gasteiger partial charge < -0.3 is 25.0 Å². The number of piperidine rings is 1. The number of nitrogens with zero attached hydrogens (tertiary/aromatic N) is 2. The molecule has 0 aromatic heterocycles. The van der Waals surface area contributed by atoms with E-state index in [9.17, 15) is 9.59 Å². The standard InChI is InChI=1S/C20H31N3O4/c1-4-15-14-23(9-8-16(15)12-19(25)22(2)10-11-24)20(26)21-17-6-5-7-18(13-17)27-3/h5-7,13,15-16,24H,4,8-12,14H2,1-3H3,(H,21,26)/t15-,16-/m0/s1. The van der Waals surface area contributed by atoms with E-state index in [0.29, 0.717) is 43.4 Å². The zero-order valence-electron chi connectivity index (χ0n) is 16.5. The van der Waals surface area contributed by atoms with Crippen molar-refractivity contribution in [3.63, 3.8) is 0 Å². The molecule has 27 heavy (non-hydrogen) atoms. The quantitative estimate of drug-likeness (QED) is 0.765. The summed E-state index contributed by atoms with van der Waals surface area (Å²) in [4.78, 5) is 28.3. The third-order valence-corrected chi connectivity index (χ3v) is 5.32. The van der Waals surface area contributed by atoms with Gasteiger partial charge in [-0.05, 0) is 30.4 Å². The molecule has 0 spiro atoms. The number of rotatable bonds is 7. The van der Waals surface area contributed by atoms with Gasteiger partial charge in [-0.2, -0.15) is 0 Å². The van der Waals surface area contributed by atoms with Crippen LogP contribution in [0.4, 0.5) is 10.5 Å². The second kappa shape index (κ2) is 10.2. The predicted molar refractivity (Wildman–Crippen MR) is 105 cm³/mol. The number of benzene rings is 1. The van der Waals surface area contributed by atoms with Crippen molar-refractivity contribution in [3.05, 3.63) is 24.3 Å². The number of amides is 3. The normalized spacial score (nSPS) is 19.5. The highest BCUT2D eigenvalue weighted by atomic mass is 16.5. The first kappa shape index (κ1) is 21.0. The first-order valence-corrected chi connectivity index (χ1v) is 9.53. The van der Waals surface area contributed by atoms with E-state index in [-0.39, 0.29) is 24.5 Å². The molecule has 7 nitrogen and oxygen atoms in total. The van der Waals surface area contributed by atoms with Crippen LogP contribution in [0.1, 0.15) is 26.2 Å². The Bertz CT molecular complexity index is 637. The van der Waals surface area contributed by atoms with Crippen molar-refractivity contribution in [1.29, 1.82) is 0 Å². The zero-order chi connectivity index (χ0) is 19.8. The third-order valence-electron chi connectivity index (χ3n) is 5.32. The van der Waals surface area contributed by atoms with Crippen LogP contribution in [0.5, 0.6) is 5.75 Å². The first-order valence-electron chi connectivity index (χ1n) is 9.53. The van der Waals surface area contributed by atoms with Gasteiger partial charge in [-0.1, -0.05) is 19.4 Å². The molecule has 1 fully saturated rings. The monoisotopic (exact) mass is 377 g/mol. The Balaban J connectivity index is 1.92. The zero-order valence-corrected chi connectivity index (χ0v) is 16.5. The van der Waals surface area contributed by atoms with Crippen molar-refractivity contribution in [3.8, 4) is 5.75 Å². The second-order valence-electron chi connectivity index (χ2n) is 7.07. The van der Waals surface area contributed by atoms with Crippen LogP contribution >= 0.6 is 0 Å². The first-order chi connectivity index (χ1) is 13.0. The van der Waals surface area contributed by atoms with Crippen LogP contribution in [0.15, 0.2) is 24.3 Å². The maximum atomic E-state index is 12.6. The number of likely N-dealkylation sites (tertiary alicyclic amines) is 1. The molecule has 0 aliphatic carbocycles. The van der Waals surface area contributed by atoms with Crippen molar-refractivity contribution in [2.24, 2.45) is 11.8 Å². The molecule has 0 saturated carbocycles. The summed E-state index contributed by atoms with van der Waals surface area (Å²) < 4.78 is 5.19. The molecule has 7 heteroatoms. The lowest BCUT2D eigenvalue weighted by atomic mass is 9.81. The number of hydrogen-bond acceptors (Lipinski definition) is 4. The average Bonchev–Trinajstić information content (AvgIpc) is 2.68. The van der Waals surface area contributed by atoms with Gasteiger partial charge in [0.25, 0.3) is 0 Å². The summed E-state index contributed by atoms with van der Waals surface area (Å²) in [5.41, 5.74) is 0.704. The van der Waals surface area contributed by atoms with E-state index >= 15 is 0 Å². The van der Waals surface area contributed by atoms with E-state index in [1.807, 2.05) is 23.1 Å². The van der Waals surface area contributed by atoms with Gasteiger partial charge in [0, 0.05) is 44.9 Å². The summed E-state index contributed by atoms with van der Waals surface area (Å²) in [5, 5.41) is 11.9. The fourth-order valence-electron chi connectivity index (χ4n) is 3.55. The molecular weight excluding hydrogens is 346 g/mol. The van der Waals surface area contributed by atoms with E-state index in [1.165, 1.54) is 0 Å². The molecule has 2 atom stereocenters. The average molecular weight is 377 g/mol. The number of aliphatic hydroxyl groups excluding tert-OH is 1. The van der Waals surface area contributed by atoms with E-state index < -0.39 is 0 Å². The summed E-state index contributed by atoms with van der Waals surface area (Å²) in [6.07, 6.45) is 2.20. The Kier molecular flexibility index (Phi) is 7.91. The van der Waals surface area contributed by atoms with Crippen LogP contribution in [0.25, 0.3) is 0 Å². The number of likely N-dealkylation sites (N-methyl/N-ethyl adjacent to an activating group) is 1. The van der Waals surface area contributed by atoms with Gasteiger partial charge in [0.15, 0.2) is 0 Å². The number of carbonyl (C=O) groups is 2. The van der Waals surface area contributed by atoms with Gasteiger partial charge in [-0.3, -0.25) is 4.79 Å². The molecule has 150 valence electrons. The van der Waals surface area contributed by atoms with Crippen molar-refractivity contribution in [2.45, 2.75) is 26.2 Å². The van der Waals surface area contributed by atoms with Crippen LogP contribution in [0.3, 0.4) is 0 Å². The van der Waals surface area contributed by atoms with Crippen LogP contribution < -0.4 is 10.1 Å². The van der Waals surface area contributed by atoms with Gasteiger partial charge in [0.05, 0.1) is 13.7 Å². The SMILES string of the molecule is CC[C@H]1CN(C(=O)Nc2cccc(OC)c2)CC[C@H]1CC(=O)N(C)CCO. The number of anilines is 1. The molecule has 1 aromatic rings. The number of methoxy groups -OCH3 is 1. The van der Waals surface area contributed by atoms with E-state index in [2.05, 4.69) is 12.2 Å². The van der Waals surface area contributed by atoms with E-state index in [0.717, 1.165) is 12.8 Å². The summed E-state index contributed by atoms with van der Waals surface area (Å²) in [5.74, 6) is 1.32. The van der Waals surface area contributed by atoms with Gasteiger partial charge in [-0.15, -0.1) is 0 Å². The lowest BCUT2D eigenvalue weighted by molar-refractivity contribution is -0.132. The number of urea groups is 1. The molecule has 2 N–H and O–H groups in total. The van der Waals surface area contributed by atoms with Gasteiger partial charge in [-0.25, -0.2) is 4.79 Å². The Labute approximate surface area is 161 Å². The molecule has 2 rings (SSSR count). The molecule has 1 aliphatic heterocycles. The van der Waals surface area contributed by atoms with Crippen LogP contribution in [0.2, 0.25) is 0 Å². The van der Waals surface area contributed by atoms with E-state index in [1.54, 1.807) is 25.1 Å². The van der Waals surface area contributed by atoms with Crippen LogP contribution in [-0.4, -0.2) is 67.2 Å². The molecule has 1 aromatic carbocycles. The number of aliphatic hydroxyl groups is 1. The Morgan fingerprint density at radius 3 is 2.81 bits per heavy atom.